The molecule has 94 valence electrons. The molecule has 2 N–H and O–H groups in total. The van der Waals surface area contributed by atoms with Crippen molar-refractivity contribution in [2.24, 2.45) is 0 Å². The number of amides is 1. The molecule has 0 radical (unpaired) electrons. The molecule has 0 fully saturated rings. The van der Waals surface area contributed by atoms with Crippen molar-refractivity contribution in [1.82, 2.24) is 9.97 Å². The van der Waals surface area contributed by atoms with E-state index in [2.05, 4.69) is 15.3 Å². The number of para-hydroxylation sites is 2. The number of hydrogen-bond donors (Lipinski definition) is 2. The molecule has 5 heteroatoms. The monoisotopic (exact) mass is 271 g/mol. The van der Waals surface area contributed by atoms with Crippen LogP contribution in [-0.2, 0) is 4.79 Å². The number of rotatable bonds is 3. The van der Waals surface area contributed by atoms with Crippen LogP contribution in [0.4, 0.5) is 5.69 Å². The quantitative estimate of drug-likeness (QED) is 0.717. The smallest absolute Gasteiger partial charge is 0.211 e. The number of hydrogen-bond acceptors (Lipinski definition) is 2. The number of H-pyrrole nitrogens is 1. The van der Waals surface area contributed by atoms with E-state index in [0.29, 0.717) is 22.9 Å². The van der Waals surface area contributed by atoms with Crippen molar-refractivity contribution >= 4 is 34.7 Å². The lowest BCUT2D eigenvalue weighted by Crippen LogP contribution is -1.94. The van der Waals surface area contributed by atoms with E-state index in [0.717, 1.165) is 16.6 Å². The van der Waals surface area contributed by atoms with Crippen LogP contribution in [-0.4, -0.2) is 16.4 Å². The van der Waals surface area contributed by atoms with Crippen LogP contribution in [0.25, 0.3) is 22.4 Å². The highest BCUT2D eigenvalue weighted by molar-refractivity contribution is 6.33. The maximum Gasteiger partial charge on any atom is 0.211 e. The fourth-order valence-corrected chi connectivity index (χ4v) is 2.15. The Hall–Kier alpha value is -2.33. The van der Waals surface area contributed by atoms with Crippen molar-refractivity contribution < 1.29 is 4.79 Å². The summed E-state index contributed by atoms with van der Waals surface area (Å²) in [5.74, 6) is 0.681. The summed E-state index contributed by atoms with van der Waals surface area (Å²) in [4.78, 5) is 18.2. The van der Waals surface area contributed by atoms with Gasteiger partial charge in [-0.2, -0.15) is 0 Å². The number of aromatic amines is 1. The van der Waals surface area contributed by atoms with Crippen LogP contribution in [0.5, 0.6) is 0 Å². The van der Waals surface area contributed by atoms with Crippen molar-refractivity contribution in [2.75, 3.05) is 5.32 Å². The number of halogens is 1. The van der Waals surface area contributed by atoms with Crippen LogP contribution in [0.3, 0.4) is 0 Å². The van der Waals surface area contributed by atoms with Gasteiger partial charge in [-0.1, -0.05) is 23.7 Å². The zero-order chi connectivity index (χ0) is 13.2. The van der Waals surface area contributed by atoms with Gasteiger partial charge >= 0.3 is 0 Å². The summed E-state index contributed by atoms with van der Waals surface area (Å²) < 4.78 is 0. The van der Waals surface area contributed by atoms with E-state index in [1.54, 1.807) is 18.2 Å². The second-order valence-corrected chi connectivity index (χ2v) is 4.47. The van der Waals surface area contributed by atoms with Gasteiger partial charge in [0.25, 0.3) is 0 Å². The Labute approximate surface area is 114 Å². The molecule has 3 rings (SSSR count). The molecule has 0 aliphatic rings. The molecule has 1 heterocycles. The second-order valence-electron chi connectivity index (χ2n) is 4.06. The fourth-order valence-electron chi connectivity index (χ4n) is 1.94. The number of carbonyl (C=O) groups excluding carboxylic acids is 1. The summed E-state index contributed by atoms with van der Waals surface area (Å²) in [5, 5.41) is 3.18. The Bertz CT molecular complexity index is 718. The van der Waals surface area contributed by atoms with Crippen LogP contribution < -0.4 is 5.32 Å². The molecule has 0 bridgehead atoms. The van der Waals surface area contributed by atoms with E-state index < -0.39 is 0 Å². The van der Waals surface area contributed by atoms with Gasteiger partial charge in [-0.25, -0.2) is 4.98 Å². The summed E-state index contributed by atoms with van der Waals surface area (Å²) in [6.07, 6.45) is 0.631. The van der Waals surface area contributed by atoms with Crippen LogP contribution in [0.1, 0.15) is 0 Å². The highest BCUT2D eigenvalue weighted by atomic mass is 35.5. The molecule has 4 nitrogen and oxygen atoms in total. The van der Waals surface area contributed by atoms with Gasteiger partial charge in [-0.15, -0.1) is 0 Å². The van der Waals surface area contributed by atoms with Gasteiger partial charge in [0, 0.05) is 11.3 Å². The Balaban J connectivity index is 2.14. The number of nitrogens with one attached hydrogen (secondary N) is 2. The number of imidazole rings is 1. The molecule has 0 aliphatic carbocycles. The van der Waals surface area contributed by atoms with Crippen LogP contribution >= 0.6 is 11.6 Å². The Morgan fingerprint density at radius 1 is 1.21 bits per heavy atom. The molecular weight excluding hydrogens is 262 g/mol. The zero-order valence-corrected chi connectivity index (χ0v) is 10.6. The van der Waals surface area contributed by atoms with E-state index in [4.69, 9.17) is 11.6 Å². The maximum atomic E-state index is 10.5. The standard InChI is InChI=1S/C14H10ClN3O/c15-11-6-5-9(16-8-19)7-10(11)14-17-12-3-1-2-4-13(12)18-14/h1-8H,(H,16,19)(H,17,18). The number of nitrogens with zero attached hydrogens (tertiary/aromatic N) is 1. The minimum Gasteiger partial charge on any atom is -0.338 e. The molecule has 1 aromatic heterocycles. The molecule has 0 atom stereocenters. The Kier molecular flexibility index (Phi) is 2.93. The molecule has 0 aliphatic heterocycles. The summed E-state index contributed by atoms with van der Waals surface area (Å²) in [6, 6.07) is 13.0. The first kappa shape index (κ1) is 11.7. The Morgan fingerprint density at radius 2 is 2.05 bits per heavy atom. The van der Waals surface area contributed by atoms with E-state index in [9.17, 15) is 4.79 Å². The largest absolute Gasteiger partial charge is 0.338 e. The average molecular weight is 272 g/mol. The van der Waals surface area contributed by atoms with Gasteiger partial charge in [0.15, 0.2) is 0 Å². The van der Waals surface area contributed by atoms with Crippen LogP contribution in [0.15, 0.2) is 42.5 Å². The first-order valence-electron chi connectivity index (χ1n) is 5.73. The lowest BCUT2D eigenvalue weighted by Gasteiger charge is -2.04. The minimum absolute atomic E-state index is 0.579. The van der Waals surface area contributed by atoms with E-state index in [1.807, 2.05) is 24.3 Å². The number of fused-ring (bicyclic) bond motifs is 1. The number of benzene rings is 2. The van der Waals surface area contributed by atoms with Gasteiger partial charge in [-0.05, 0) is 30.3 Å². The third-order valence-electron chi connectivity index (χ3n) is 2.84. The van der Waals surface area contributed by atoms with Gasteiger partial charge in [0.2, 0.25) is 6.41 Å². The first-order valence-corrected chi connectivity index (χ1v) is 6.10. The van der Waals surface area contributed by atoms with Gasteiger partial charge in [0.1, 0.15) is 5.82 Å². The lowest BCUT2D eigenvalue weighted by molar-refractivity contribution is -0.105. The van der Waals surface area contributed by atoms with E-state index >= 15 is 0 Å². The van der Waals surface area contributed by atoms with Crippen molar-refractivity contribution in [2.45, 2.75) is 0 Å². The number of aromatic nitrogens is 2. The average Bonchev–Trinajstić information content (AvgIpc) is 2.85. The molecule has 0 spiro atoms. The number of carbonyl (C=O) groups is 1. The Morgan fingerprint density at radius 3 is 2.84 bits per heavy atom. The molecule has 2 aromatic carbocycles. The molecule has 1 amide bonds. The highest BCUT2D eigenvalue weighted by Crippen LogP contribution is 2.29. The van der Waals surface area contributed by atoms with Crippen molar-refractivity contribution in [1.29, 1.82) is 0 Å². The maximum absolute atomic E-state index is 10.5. The molecule has 19 heavy (non-hydrogen) atoms. The minimum atomic E-state index is 0.579. The molecule has 0 saturated heterocycles. The van der Waals surface area contributed by atoms with Crippen molar-refractivity contribution in [3.05, 3.63) is 47.5 Å². The zero-order valence-electron chi connectivity index (χ0n) is 9.85. The normalized spacial score (nSPS) is 10.6. The summed E-state index contributed by atoms with van der Waals surface area (Å²) in [5.41, 5.74) is 3.25. The van der Waals surface area contributed by atoms with Crippen LogP contribution in [0, 0.1) is 0 Å². The third-order valence-corrected chi connectivity index (χ3v) is 3.17. The SMILES string of the molecule is O=CNc1ccc(Cl)c(-c2nc3ccccc3[nH]2)c1. The predicted octanol–water partition coefficient (Wildman–Crippen LogP) is 3.45. The molecular formula is C14H10ClN3O. The number of anilines is 1. The van der Waals surface area contributed by atoms with E-state index in [-0.39, 0.29) is 0 Å². The molecule has 3 aromatic rings. The molecule has 0 saturated carbocycles. The fraction of sp³-hybridized carbons (Fsp3) is 0. The highest BCUT2D eigenvalue weighted by Gasteiger charge is 2.09. The summed E-state index contributed by atoms with van der Waals surface area (Å²) in [6.45, 7) is 0. The third kappa shape index (κ3) is 2.18. The van der Waals surface area contributed by atoms with Gasteiger partial charge in [-0.3, -0.25) is 4.79 Å². The van der Waals surface area contributed by atoms with Crippen molar-refractivity contribution in [3.63, 3.8) is 0 Å². The van der Waals surface area contributed by atoms with E-state index in [1.165, 1.54) is 0 Å². The van der Waals surface area contributed by atoms with Crippen molar-refractivity contribution in [3.8, 4) is 11.4 Å². The summed E-state index contributed by atoms with van der Waals surface area (Å²) >= 11 is 6.18. The van der Waals surface area contributed by atoms with Gasteiger partial charge < -0.3 is 10.3 Å². The molecule has 0 unspecified atom stereocenters. The van der Waals surface area contributed by atoms with Gasteiger partial charge in [0.05, 0.1) is 16.1 Å². The lowest BCUT2D eigenvalue weighted by atomic mass is 10.2. The first-order chi connectivity index (χ1) is 9.28. The second kappa shape index (κ2) is 4.74. The summed E-state index contributed by atoms with van der Waals surface area (Å²) in [7, 11) is 0. The predicted molar refractivity (Wildman–Crippen MR) is 76.2 cm³/mol. The topological polar surface area (TPSA) is 57.8 Å². The van der Waals surface area contributed by atoms with Crippen LogP contribution in [0.2, 0.25) is 5.02 Å².